The first-order valence-electron chi connectivity index (χ1n) is 8.83. The van der Waals surface area contributed by atoms with Crippen molar-refractivity contribution in [2.45, 2.75) is 13.8 Å². The number of nitrogens with zero attached hydrogens (tertiary/aromatic N) is 2. The van der Waals surface area contributed by atoms with E-state index in [9.17, 15) is 9.59 Å². The molecule has 2 amide bonds. The molecule has 1 N–H and O–H groups in total. The summed E-state index contributed by atoms with van der Waals surface area (Å²) in [7, 11) is 0. The number of aromatic nitrogens is 1. The molecule has 0 bridgehead atoms. The van der Waals surface area contributed by atoms with E-state index in [1.807, 2.05) is 66.9 Å². The zero-order valence-corrected chi connectivity index (χ0v) is 16.2. The number of amides is 2. The Balaban J connectivity index is 1.74. The van der Waals surface area contributed by atoms with E-state index in [4.69, 9.17) is 11.6 Å². The van der Waals surface area contributed by atoms with E-state index >= 15 is 0 Å². The molecule has 0 saturated carbocycles. The fourth-order valence-electron chi connectivity index (χ4n) is 3.41. The van der Waals surface area contributed by atoms with Gasteiger partial charge in [-0.3, -0.25) is 15.0 Å². The van der Waals surface area contributed by atoms with Gasteiger partial charge in [0.1, 0.15) is 5.57 Å². The van der Waals surface area contributed by atoms with Crippen molar-refractivity contribution in [3.63, 3.8) is 0 Å². The van der Waals surface area contributed by atoms with Crippen LogP contribution < -0.4 is 10.4 Å². The van der Waals surface area contributed by atoms with E-state index in [2.05, 4.69) is 5.43 Å². The Kier molecular flexibility index (Phi) is 4.53. The number of para-hydroxylation sites is 2. The van der Waals surface area contributed by atoms with E-state index < -0.39 is 5.91 Å². The second-order valence-corrected chi connectivity index (χ2v) is 7.00. The highest BCUT2D eigenvalue weighted by Gasteiger charge is 2.34. The molecule has 4 rings (SSSR count). The topological polar surface area (TPSA) is 54.3 Å². The van der Waals surface area contributed by atoms with Crippen LogP contribution in [-0.4, -0.2) is 16.4 Å². The molecule has 1 aliphatic heterocycles. The maximum Gasteiger partial charge on any atom is 0.282 e. The first-order valence-corrected chi connectivity index (χ1v) is 9.21. The third-order valence-corrected chi connectivity index (χ3v) is 5.09. The molecule has 1 aliphatic rings. The van der Waals surface area contributed by atoms with Crippen molar-refractivity contribution in [2.24, 2.45) is 0 Å². The lowest BCUT2D eigenvalue weighted by Crippen LogP contribution is -2.35. The molecule has 28 heavy (non-hydrogen) atoms. The van der Waals surface area contributed by atoms with Gasteiger partial charge in [-0.2, -0.15) is 0 Å². The molecule has 1 saturated heterocycles. The van der Waals surface area contributed by atoms with Crippen molar-refractivity contribution in [2.75, 3.05) is 5.01 Å². The molecule has 2 heterocycles. The van der Waals surface area contributed by atoms with E-state index in [0.29, 0.717) is 10.7 Å². The maximum atomic E-state index is 12.8. The van der Waals surface area contributed by atoms with Gasteiger partial charge in [0, 0.05) is 11.4 Å². The minimum Gasteiger partial charge on any atom is -0.316 e. The summed E-state index contributed by atoms with van der Waals surface area (Å²) in [5, 5.41) is 1.90. The van der Waals surface area contributed by atoms with Crippen LogP contribution in [0.5, 0.6) is 0 Å². The standard InChI is InChI=1S/C22H18ClN3O2/c1-14-12-16(15(2)25(14)20-11-7-6-10-19(20)23)13-18-21(27)24-26(22(18)28)17-8-4-3-5-9-17/h3-13H,1-2H3,(H,24,27). The Morgan fingerprint density at radius 1 is 0.964 bits per heavy atom. The largest absolute Gasteiger partial charge is 0.316 e. The predicted octanol–water partition coefficient (Wildman–Crippen LogP) is 4.21. The summed E-state index contributed by atoms with van der Waals surface area (Å²) in [6.45, 7) is 3.90. The number of anilines is 1. The number of carbonyl (C=O) groups excluding carboxylic acids is 2. The van der Waals surface area contributed by atoms with E-state index in [1.54, 1.807) is 18.2 Å². The average Bonchev–Trinajstić information content (AvgIpc) is 3.13. The molecule has 140 valence electrons. The van der Waals surface area contributed by atoms with Gasteiger partial charge in [0.05, 0.1) is 16.4 Å². The highest BCUT2D eigenvalue weighted by Crippen LogP contribution is 2.28. The third kappa shape index (κ3) is 3.00. The number of carbonyl (C=O) groups is 2. The molecule has 0 aliphatic carbocycles. The smallest absolute Gasteiger partial charge is 0.282 e. The zero-order chi connectivity index (χ0) is 19.8. The van der Waals surface area contributed by atoms with Crippen LogP contribution in [-0.2, 0) is 9.59 Å². The van der Waals surface area contributed by atoms with E-state index in [0.717, 1.165) is 22.6 Å². The van der Waals surface area contributed by atoms with Crippen LogP contribution in [0, 0.1) is 13.8 Å². The number of rotatable bonds is 3. The summed E-state index contributed by atoms with van der Waals surface area (Å²) >= 11 is 6.35. The molecular weight excluding hydrogens is 374 g/mol. The van der Waals surface area contributed by atoms with Crippen molar-refractivity contribution in [3.05, 3.63) is 88.2 Å². The van der Waals surface area contributed by atoms with Crippen molar-refractivity contribution in [3.8, 4) is 5.69 Å². The maximum absolute atomic E-state index is 12.8. The van der Waals surface area contributed by atoms with Crippen LogP contribution in [0.2, 0.25) is 5.02 Å². The number of hydrogen-bond acceptors (Lipinski definition) is 2. The SMILES string of the molecule is Cc1cc(C=C2C(=O)NN(c3ccccc3)C2=O)c(C)n1-c1ccccc1Cl. The van der Waals surface area contributed by atoms with Crippen LogP contribution in [0.25, 0.3) is 11.8 Å². The van der Waals surface area contributed by atoms with Crippen molar-refractivity contribution >= 4 is 35.2 Å². The molecule has 0 radical (unpaired) electrons. The molecule has 0 spiro atoms. The van der Waals surface area contributed by atoms with Crippen LogP contribution in [0.1, 0.15) is 17.0 Å². The molecule has 3 aromatic rings. The van der Waals surface area contributed by atoms with E-state index in [1.165, 1.54) is 5.01 Å². The normalized spacial score (nSPS) is 15.4. The Morgan fingerprint density at radius 3 is 2.36 bits per heavy atom. The molecule has 1 aromatic heterocycles. The van der Waals surface area contributed by atoms with Crippen LogP contribution in [0.3, 0.4) is 0 Å². The second-order valence-electron chi connectivity index (χ2n) is 6.59. The van der Waals surface area contributed by atoms with Gasteiger partial charge in [0.2, 0.25) is 0 Å². The Bertz CT molecular complexity index is 1120. The molecule has 0 atom stereocenters. The number of hydrazine groups is 1. The fourth-order valence-corrected chi connectivity index (χ4v) is 3.63. The Hall–Kier alpha value is -3.31. The summed E-state index contributed by atoms with van der Waals surface area (Å²) in [4.78, 5) is 25.2. The highest BCUT2D eigenvalue weighted by molar-refractivity contribution is 6.32. The Morgan fingerprint density at radius 2 is 1.64 bits per heavy atom. The molecular formula is C22H18ClN3O2. The fraction of sp³-hybridized carbons (Fsp3) is 0.0909. The lowest BCUT2D eigenvalue weighted by Gasteiger charge is -2.13. The van der Waals surface area contributed by atoms with Gasteiger partial charge in [-0.15, -0.1) is 0 Å². The lowest BCUT2D eigenvalue weighted by atomic mass is 10.1. The first kappa shape index (κ1) is 18.1. The van der Waals surface area contributed by atoms with Gasteiger partial charge >= 0.3 is 0 Å². The Labute approximate surface area is 167 Å². The first-order chi connectivity index (χ1) is 13.5. The predicted molar refractivity (Wildman–Crippen MR) is 110 cm³/mol. The van der Waals surface area contributed by atoms with Gasteiger partial charge in [0.15, 0.2) is 0 Å². The van der Waals surface area contributed by atoms with Crippen molar-refractivity contribution in [1.82, 2.24) is 9.99 Å². The highest BCUT2D eigenvalue weighted by atomic mass is 35.5. The number of hydrogen-bond donors (Lipinski definition) is 1. The minimum absolute atomic E-state index is 0.100. The summed E-state index contributed by atoms with van der Waals surface area (Å²) < 4.78 is 2.01. The molecule has 2 aromatic carbocycles. The number of nitrogens with one attached hydrogen (secondary N) is 1. The van der Waals surface area contributed by atoms with Gasteiger partial charge < -0.3 is 4.57 Å². The quantitative estimate of drug-likeness (QED) is 0.537. The van der Waals surface area contributed by atoms with Gasteiger partial charge in [0.25, 0.3) is 11.8 Å². The van der Waals surface area contributed by atoms with Gasteiger partial charge in [-0.25, -0.2) is 5.01 Å². The van der Waals surface area contributed by atoms with Gasteiger partial charge in [-0.1, -0.05) is 41.9 Å². The molecule has 5 nitrogen and oxygen atoms in total. The number of aryl methyl sites for hydroxylation is 1. The van der Waals surface area contributed by atoms with Crippen LogP contribution >= 0.6 is 11.6 Å². The number of benzene rings is 2. The molecule has 6 heteroatoms. The van der Waals surface area contributed by atoms with Crippen LogP contribution in [0.4, 0.5) is 5.69 Å². The number of halogens is 1. The average molecular weight is 392 g/mol. The van der Waals surface area contributed by atoms with Crippen molar-refractivity contribution < 1.29 is 9.59 Å². The van der Waals surface area contributed by atoms with Crippen LogP contribution in [0.15, 0.2) is 66.2 Å². The summed E-state index contributed by atoms with van der Waals surface area (Å²) in [5.41, 5.74) is 6.85. The summed E-state index contributed by atoms with van der Waals surface area (Å²) in [5.74, 6) is -0.796. The zero-order valence-electron chi connectivity index (χ0n) is 15.4. The minimum atomic E-state index is -0.420. The molecule has 0 unspecified atom stereocenters. The monoisotopic (exact) mass is 391 g/mol. The van der Waals surface area contributed by atoms with Crippen molar-refractivity contribution in [1.29, 1.82) is 0 Å². The van der Waals surface area contributed by atoms with E-state index in [-0.39, 0.29) is 11.5 Å². The van der Waals surface area contributed by atoms with Gasteiger partial charge in [-0.05, 0) is 55.8 Å². The third-order valence-electron chi connectivity index (χ3n) is 4.77. The summed E-state index contributed by atoms with van der Waals surface area (Å²) in [6.07, 6.45) is 1.64. The lowest BCUT2D eigenvalue weighted by molar-refractivity contribution is -0.117. The summed E-state index contributed by atoms with van der Waals surface area (Å²) in [6, 6.07) is 18.5. The second kappa shape index (κ2) is 7.02. The molecule has 1 fully saturated rings.